The third kappa shape index (κ3) is 10.7. The Balaban J connectivity index is 2.49. The van der Waals surface area contributed by atoms with Crippen LogP contribution in [-0.2, 0) is 38.4 Å². The van der Waals surface area contributed by atoms with E-state index in [1.807, 2.05) is 0 Å². The Bertz CT molecular complexity index is 1190. The summed E-state index contributed by atoms with van der Waals surface area (Å²) in [4.78, 5) is 105. The van der Waals surface area contributed by atoms with Gasteiger partial charge >= 0.3 is 0 Å². The highest BCUT2D eigenvalue weighted by molar-refractivity contribution is 5.99. The summed E-state index contributed by atoms with van der Waals surface area (Å²) in [5.74, 6) is -6.93. The lowest BCUT2D eigenvalue weighted by molar-refractivity contribution is -0.144. The van der Waals surface area contributed by atoms with E-state index in [0.29, 0.717) is 6.42 Å². The molecule has 0 aromatic heterocycles. The Hall–Kier alpha value is -4.28. The van der Waals surface area contributed by atoms with Gasteiger partial charge in [-0.3, -0.25) is 38.4 Å². The summed E-state index contributed by atoms with van der Waals surface area (Å²) in [7, 11) is 0. The van der Waals surface area contributed by atoms with Crippen molar-refractivity contribution < 1.29 is 43.5 Å². The van der Waals surface area contributed by atoms with Crippen molar-refractivity contribution in [1.29, 1.82) is 0 Å². The number of amides is 8. The van der Waals surface area contributed by atoms with E-state index < -0.39 is 108 Å². The smallest absolute Gasteiger partial charge is 0.248 e. The van der Waals surface area contributed by atoms with Crippen LogP contribution in [0.2, 0.25) is 0 Å². The highest BCUT2D eigenvalue weighted by Crippen LogP contribution is 2.20. The number of aliphatic hydroxyl groups excluding tert-OH is 1. The summed E-state index contributed by atoms with van der Waals surface area (Å²) in [6, 6.07) is -7.58. The third-order valence-electron chi connectivity index (χ3n) is 7.70. The zero-order chi connectivity index (χ0) is 34.9. The molecule has 2 heterocycles. The van der Waals surface area contributed by atoms with Gasteiger partial charge in [0.25, 0.3) is 0 Å². The topological polar surface area (TPSA) is 258 Å². The van der Waals surface area contributed by atoms with E-state index >= 15 is 0 Å². The van der Waals surface area contributed by atoms with Crippen LogP contribution in [0.4, 0.5) is 0 Å². The lowest BCUT2D eigenvalue weighted by atomic mass is 10.0. The molecule has 9 N–H and O–H groups in total. The van der Waals surface area contributed by atoms with Gasteiger partial charge in [-0.25, -0.2) is 0 Å². The summed E-state index contributed by atoms with van der Waals surface area (Å²) in [6.45, 7) is 9.10. The lowest BCUT2D eigenvalue weighted by Crippen LogP contribution is -2.61. The number of hydrogen-bond donors (Lipinski definition) is 8. The number of primary amides is 1. The maximum Gasteiger partial charge on any atom is 0.248 e. The summed E-state index contributed by atoms with van der Waals surface area (Å²) >= 11 is 0. The molecule has 2 fully saturated rings. The molecule has 0 saturated carbocycles. The summed E-state index contributed by atoms with van der Waals surface area (Å²) in [5, 5.41) is 25.3. The van der Waals surface area contributed by atoms with Gasteiger partial charge in [0, 0.05) is 6.54 Å². The SMILES string of the molecule is CC(C)CC1NC(=O)CNC(=O)C2CCCN2C(=O)C(C(C)O)NC(=O)C(C(C)C)NC(=O)C(C)NC(=O)C(CC(N)=O)NC1=O. The Labute approximate surface area is 267 Å². The van der Waals surface area contributed by atoms with Crippen LogP contribution in [-0.4, -0.2) is 113 Å². The standard InChI is InChI=1S/C29H48N8O9/c1-13(2)10-17-26(43)34-18(11-20(30)39)25(42)32-15(5)24(41)35-22(14(3)4)28(45)36-23(16(6)38)29(46)37-9-7-8-19(37)27(44)31-12-21(40)33-17/h13-19,22-23,38H,7-12H2,1-6H3,(H2,30,39)(H,31,44)(H,32,42)(H,33,40)(H,34,43)(H,35,41)(H,36,45). The van der Waals surface area contributed by atoms with Crippen molar-refractivity contribution >= 4 is 47.3 Å². The van der Waals surface area contributed by atoms with Crippen LogP contribution < -0.4 is 37.6 Å². The predicted octanol–water partition coefficient (Wildman–Crippen LogP) is -3.49. The van der Waals surface area contributed by atoms with Gasteiger partial charge in [0.15, 0.2) is 0 Å². The van der Waals surface area contributed by atoms with Gasteiger partial charge < -0.3 is 47.6 Å². The minimum absolute atomic E-state index is 0.0996. The van der Waals surface area contributed by atoms with Crippen molar-refractivity contribution in [2.45, 2.75) is 110 Å². The fourth-order valence-electron chi connectivity index (χ4n) is 5.22. The molecule has 0 aromatic carbocycles. The fraction of sp³-hybridized carbons (Fsp3) is 0.724. The second-order valence-corrected chi connectivity index (χ2v) is 12.6. The number of carbonyl (C=O) groups is 8. The molecule has 0 spiro atoms. The number of nitrogens with one attached hydrogen (secondary N) is 6. The Morgan fingerprint density at radius 3 is 2.00 bits per heavy atom. The fourth-order valence-corrected chi connectivity index (χ4v) is 5.22. The van der Waals surface area contributed by atoms with Crippen molar-refractivity contribution in [3.05, 3.63) is 0 Å². The van der Waals surface area contributed by atoms with Crippen LogP contribution in [0.5, 0.6) is 0 Å². The number of nitrogens with zero attached hydrogens (tertiary/aromatic N) is 1. The molecule has 258 valence electrons. The van der Waals surface area contributed by atoms with Gasteiger partial charge in [-0.1, -0.05) is 27.7 Å². The molecular formula is C29H48N8O9. The molecule has 7 atom stereocenters. The monoisotopic (exact) mass is 652 g/mol. The summed E-state index contributed by atoms with van der Waals surface area (Å²) in [6.07, 6.45) is -1.14. The lowest BCUT2D eigenvalue weighted by Gasteiger charge is -2.31. The van der Waals surface area contributed by atoms with Crippen molar-refractivity contribution in [1.82, 2.24) is 36.8 Å². The molecule has 0 bridgehead atoms. The van der Waals surface area contributed by atoms with Crippen LogP contribution in [0, 0.1) is 11.8 Å². The quantitative estimate of drug-likeness (QED) is 0.141. The molecule has 2 saturated heterocycles. The average Bonchev–Trinajstić information content (AvgIpc) is 3.45. The van der Waals surface area contributed by atoms with E-state index in [2.05, 4.69) is 31.9 Å². The predicted molar refractivity (Wildman–Crippen MR) is 163 cm³/mol. The molecule has 2 aliphatic heterocycles. The van der Waals surface area contributed by atoms with E-state index in [1.54, 1.807) is 27.7 Å². The van der Waals surface area contributed by atoms with E-state index in [4.69, 9.17) is 5.73 Å². The van der Waals surface area contributed by atoms with Gasteiger partial charge in [0.05, 0.1) is 19.1 Å². The molecule has 2 aliphatic rings. The number of carbonyl (C=O) groups excluding carboxylic acids is 8. The van der Waals surface area contributed by atoms with Gasteiger partial charge in [-0.2, -0.15) is 0 Å². The summed E-state index contributed by atoms with van der Waals surface area (Å²) < 4.78 is 0. The first-order valence-electron chi connectivity index (χ1n) is 15.5. The molecular weight excluding hydrogens is 604 g/mol. The molecule has 2 rings (SSSR count). The van der Waals surface area contributed by atoms with E-state index in [1.165, 1.54) is 18.7 Å². The van der Waals surface area contributed by atoms with Crippen LogP contribution in [0.15, 0.2) is 0 Å². The largest absolute Gasteiger partial charge is 0.391 e. The van der Waals surface area contributed by atoms with E-state index in [0.717, 1.165) is 0 Å². The van der Waals surface area contributed by atoms with Crippen molar-refractivity contribution in [3.63, 3.8) is 0 Å². The Kier molecular flexibility index (Phi) is 13.9. The first-order valence-corrected chi connectivity index (χ1v) is 15.5. The maximum absolute atomic E-state index is 13.5. The van der Waals surface area contributed by atoms with Gasteiger partial charge in [0.2, 0.25) is 47.3 Å². The molecule has 0 radical (unpaired) electrons. The highest BCUT2D eigenvalue weighted by Gasteiger charge is 2.41. The molecule has 0 aromatic rings. The molecule has 0 aliphatic carbocycles. The first kappa shape index (κ1) is 37.9. The zero-order valence-corrected chi connectivity index (χ0v) is 27.2. The minimum Gasteiger partial charge on any atom is -0.391 e. The average molecular weight is 653 g/mol. The van der Waals surface area contributed by atoms with Crippen LogP contribution in [0.3, 0.4) is 0 Å². The van der Waals surface area contributed by atoms with Crippen LogP contribution >= 0.6 is 0 Å². The number of rotatable bonds is 6. The van der Waals surface area contributed by atoms with E-state index in [9.17, 15) is 43.5 Å². The molecule has 17 heteroatoms. The molecule has 7 unspecified atom stereocenters. The summed E-state index contributed by atoms with van der Waals surface area (Å²) in [5.41, 5.74) is 5.31. The van der Waals surface area contributed by atoms with E-state index in [-0.39, 0.29) is 25.3 Å². The Morgan fingerprint density at radius 2 is 1.43 bits per heavy atom. The minimum atomic E-state index is -1.50. The van der Waals surface area contributed by atoms with Crippen LogP contribution in [0.1, 0.15) is 67.2 Å². The third-order valence-corrected chi connectivity index (χ3v) is 7.70. The number of fused-ring (bicyclic) bond motifs is 1. The molecule has 8 amide bonds. The number of nitrogens with two attached hydrogens (primary N) is 1. The number of aliphatic hydroxyl groups is 1. The number of hydrogen-bond acceptors (Lipinski definition) is 9. The van der Waals surface area contributed by atoms with Gasteiger partial charge in [-0.05, 0) is 44.9 Å². The molecule has 17 nitrogen and oxygen atoms in total. The van der Waals surface area contributed by atoms with Crippen molar-refractivity contribution in [2.75, 3.05) is 13.1 Å². The second-order valence-electron chi connectivity index (χ2n) is 12.6. The normalized spacial score (nSPS) is 28.6. The highest BCUT2D eigenvalue weighted by atomic mass is 16.3. The zero-order valence-electron chi connectivity index (χ0n) is 27.2. The van der Waals surface area contributed by atoms with Gasteiger partial charge in [0.1, 0.15) is 36.3 Å². The molecule has 46 heavy (non-hydrogen) atoms. The van der Waals surface area contributed by atoms with Crippen molar-refractivity contribution in [3.8, 4) is 0 Å². The first-order chi connectivity index (χ1) is 21.4. The van der Waals surface area contributed by atoms with Crippen LogP contribution in [0.25, 0.3) is 0 Å². The van der Waals surface area contributed by atoms with Crippen molar-refractivity contribution in [2.24, 2.45) is 17.6 Å². The Morgan fingerprint density at radius 1 is 0.826 bits per heavy atom. The maximum atomic E-state index is 13.5. The second kappa shape index (κ2) is 16.9. The van der Waals surface area contributed by atoms with Gasteiger partial charge in [-0.15, -0.1) is 0 Å².